The topological polar surface area (TPSA) is 87.5 Å². The Balaban J connectivity index is 0.00000289. The van der Waals surface area contributed by atoms with Crippen molar-refractivity contribution in [3.05, 3.63) is 66.4 Å². The Morgan fingerprint density at radius 1 is 1.06 bits per heavy atom. The average molecular weight is 567 g/mol. The molecule has 9 heteroatoms. The van der Waals surface area contributed by atoms with Crippen LogP contribution in [0.3, 0.4) is 0 Å². The Kier molecular flexibility index (Phi) is 8.55. The lowest BCUT2D eigenvalue weighted by atomic mass is 10.2. The summed E-state index contributed by atoms with van der Waals surface area (Å²) in [5, 5.41) is 7.87. The number of halogens is 1. The van der Waals surface area contributed by atoms with Crippen LogP contribution in [0.15, 0.2) is 70.7 Å². The van der Waals surface area contributed by atoms with Crippen molar-refractivity contribution in [1.82, 2.24) is 19.9 Å². The molecular formula is C23H30IN5O2S. The molecular weight excluding hydrogens is 537 g/mol. The van der Waals surface area contributed by atoms with E-state index in [1.54, 1.807) is 19.2 Å². The number of para-hydroxylation sites is 1. The zero-order chi connectivity index (χ0) is 21.7. The number of aromatic nitrogens is 1. The Bertz CT molecular complexity index is 1150. The second kappa shape index (κ2) is 11.2. The first-order chi connectivity index (χ1) is 15.0. The number of guanidine groups is 1. The molecule has 1 fully saturated rings. The molecule has 0 amide bonds. The summed E-state index contributed by atoms with van der Waals surface area (Å²) in [5.41, 5.74) is 2.25. The number of fused-ring (bicyclic) bond motifs is 1. The van der Waals surface area contributed by atoms with Gasteiger partial charge in [-0.1, -0.05) is 30.3 Å². The molecule has 0 atom stereocenters. The molecule has 32 heavy (non-hydrogen) atoms. The summed E-state index contributed by atoms with van der Waals surface area (Å²) in [5.74, 6) is 0.726. The maximum atomic E-state index is 12.3. The van der Waals surface area contributed by atoms with Gasteiger partial charge < -0.3 is 15.2 Å². The van der Waals surface area contributed by atoms with E-state index in [4.69, 9.17) is 0 Å². The van der Waals surface area contributed by atoms with E-state index in [9.17, 15) is 8.42 Å². The van der Waals surface area contributed by atoms with Gasteiger partial charge in [0.25, 0.3) is 0 Å². The number of nitrogens with zero attached hydrogens (tertiary/aromatic N) is 2. The van der Waals surface area contributed by atoms with Crippen LogP contribution in [0.5, 0.6) is 0 Å². The number of aliphatic imine (C=N–C) groups is 1. The zero-order valence-corrected chi connectivity index (χ0v) is 21.3. The third-order valence-electron chi connectivity index (χ3n) is 5.36. The van der Waals surface area contributed by atoms with E-state index < -0.39 is 10.0 Å². The Labute approximate surface area is 206 Å². The summed E-state index contributed by atoms with van der Waals surface area (Å²) in [6, 6.07) is 17.6. The average Bonchev–Trinajstić information content (AvgIpc) is 3.49. The predicted octanol–water partition coefficient (Wildman–Crippen LogP) is 3.46. The maximum absolute atomic E-state index is 12.3. The quantitative estimate of drug-likeness (QED) is 0.160. The van der Waals surface area contributed by atoms with E-state index >= 15 is 0 Å². The van der Waals surface area contributed by atoms with Crippen LogP contribution in [-0.2, 0) is 23.1 Å². The fourth-order valence-electron chi connectivity index (χ4n) is 3.47. The molecule has 1 aliphatic rings. The highest BCUT2D eigenvalue weighted by atomic mass is 127. The Hall–Kier alpha value is -2.11. The molecule has 2 aromatic carbocycles. The summed E-state index contributed by atoms with van der Waals surface area (Å²) in [7, 11) is -1.66. The van der Waals surface area contributed by atoms with Gasteiger partial charge in [0.05, 0.1) is 4.90 Å². The minimum atomic E-state index is -3.41. The second-order valence-corrected chi connectivity index (χ2v) is 9.53. The van der Waals surface area contributed by atoms with Gasteiger partial charge in [0.2, 0.25) is 10.0 Å². The molecule has 3 aromatic rings. The number of hydrogen-bond acceptors (Lipinski definition) is 3. The lowest BCUT2D eigenvalue weighted by molar-refractivity contribution is 0.581. The first kappa shape index (κ1) is 24.5. The van der Waals surface area contributed by atoms with Crippen molar-refractivity contribution < 1.29 is 8.42 Å². The van der Waals surface area contributed by atoms with E-state index in [2.05, 4.69) is 61.4 Å². The molecule has 4 rings (SSSR count). The molecule has 0 aliphatic heterocycles. The largest absolute Gasteiger partial charge is 0.356 e. The van der Waals surface area contributed by atoms with Crippen LogP contribution in [-0.4, -0.2) is 38.6 Å². The number of sulfonamides is 1. The molecule has 1 saturated carbocycles. The van der Waals surface area contributed by atoms with E-state index in [0.717, 1.165) is 43.9 Å². The number of benzene rings is 2. The highest BCUT2D eigenvalue weighted by Crippen LogP contribution is 2.22. The fourth-order valence-corrected chi connectivity index (χ4v) is 4.78. The van der Waals surface area contributed by atoms with Gasteiger partial charge >= 0.3 is 0 Å². The van der Waals surface area contributed by atoms with E-state index in [1.165, 1.54) is 10.9 Å². The highest BCUT2D eigenvalue weighted by Gasteiger charge is 2.27. The first-order valence-electron chi connectivity index (χ1n) is 10.6. The van der Waals surface area contributed by atoms with Crippen LogP contribution < -0.4 is 15.4 Å². The maximum Gasteiger partial charge on any atom is 0.240 e. The van der Waals surface area contributed by atoms with Gasteiger partial charge in [-0.3, -0.25) is 4.99 Å². The molecule has 0 spiro atoms. The van der Waals surface area contributed by atoms with Crippen molar-refractivity contribution in [3.63, 3.8) is 0 Å². The van der Waals surface area contributed by atoms with E-state index in [0.29, 0.717) is 11.4 Å². The van der Waals surface area contributed by atoms with Gasteiger partial charge in [-0.2, -0.15) is 0 Å². The van der Waals surface area contributed by atoms with Gasteiger partial charge in [-0.25, -0.2) is 13.1 Å². The van der Waals surface area contributed by atoms with Crippen molar-refractivity contribution in [2.75, 3.05) is 13.6 Å². The second-order valence-electron chi connectivity index (χ2n) is 7.81. The van der Waals surface area contributed by atoms with Crippen molar-refractivity contribution in [1.29, 1.82) is 0 Å². The van der Waals surface area contributed by atoms with Crippen molar-refractivity contribution in [2.24, 2.45) is 4.99 Å². The third kappa shape index (κ3) is 6.46. The van der Waals surface area contributed by atoms with Crippen LogP contribution in [0.4, 0.5) is 0 Å². The van der Waals surface area contributed by atoms with E-state index in [-0.39, 0.29) is 30.0 Å². The molecule has 1 heterocycles. The van der Waals surface area contributed by atoms with Gasteiger partial charge in [-0.05, 0) is 54.5 Å². The molecule has 1 aromatic heterocycles. The summed E-state index contributed by atoms with van der Waals surface area (Å²) in [4.78, 5) is 4.57. The van der Waals surface area contributed by atoms with Gasteiger partial charge in [0.1, 0.15) is 0 Å². The number of rotatable bonds is 9. The Morgan fingerprint density at radius 2 is 1.81 bits per heavy atom. The number of aryl methyl sites for hydroxylation is 1. The molecule has 0 bridgehead atoms. The van der Waals surface area contributed by atoms with Crippen molar-refractivity contribution in [3.8, 4) is 0 Å². The lowest BCUT2D eigenvalue weighted by Gasteiger charge is -2.13. The predicted molar refractivity (Wildman–Crippen MR) is 140 cm³/mol. The third-order valence-corrected chi connectivity index (χ3v) is 6.90. The van der Waals surface area contributed by atoms with Crippen molar-refractivity contribution >= 4 is 50.9 Å². The van der Waals surface area contributed by atoms with Crippen LogP contribution in [0.1, 0.15) is 24.8 Å². The molecule has 7 nitrogen and oxygen atoms in total. The normalized spacial score (nSPS) is 14.2. The summed E-state index contributed by atoms with van der Waals surface area (Å²) in [6.07, 6.45) is 4.95. The highest BCUT2D eigenvalue weighted by molar-refractivity contribution is 14.0. The summed E-state index contributed by atoms with van der Waals surface area (Å²) >= 11 is 0. The van der Waals surface area contributed by atoms with Gasteiger partial charge in [0.15, 0.2) is 5.96 Å². The number of nitrogens with one attached hydrogen (secondary N) is 3. The van der Waals surface area contributed by atoms with Crippen LogP contribution in [0, 0.1) is 0 Å². The van der Waals surface area contributed by atoms with Gasteiger partial charge in [-0.15, -0.1) is 24.0 Å². The summed E-state index contributed by atoms with van der Waals surface area (Å²) < 4.78 is 29.5. The molecule has 0 unspecified atom stereocenters. The Morgan fingerprint density at radius 3 is 2.53 bits per heavy atom. The number of hydrogen-bond donors (Lipinski definition) is 3. The van der Waals surface area contributed by atoms with Crippen LogP contribution in [0.2, 0.25) is 0 Å². The first-order valence-corrected chi connectivity index (χ1v) is 12.1. The smallest absolute Gasteiger partial charge is 0.240 e. The van der Waals surface area contributed by atoms with Crippen LogP contribution in [0.25, 0.3) is 10.9 Å². The molecule has 172 valence electrons. The minimum Gasteiger partial charge on any atom is -0.356 e. The van der Waals surface area contributed by atoms with Crippen molar-refractivity contribution in [2.45, 2.75) is 43.3 Å². The lowest BCUT2D eigenvalue weighted by Crippen LogP contribution is -2.37. The monoisotopic (exact) mass is 567 g/mol. The van der Waals surface area contributed by atoms with Gasteiger partial charge in [0, 0.05) is 44.4 Å². The molecule has 0 radical (unpaired) electrons. The molecule has 1 aliphatic carbocycles. The van der Waals surface area contributed by atoms with Crippen LogP contribution >= 0.6 is 24.0 Å². The fraction of sp³-hybridized carbons (Fsp3) is 0.348. The molecule has 0 saturated heterocycles. The van der Waals surface area contributed by atoms with E-state index in [1.807, 2.05) is 12.1 Å². The zero-order valence-electron chi connectivity index (χ0n) is 18.1. The minimum absolute atomic E-state index is 0. The summed E-state index contributed by atoms with van der Waals surface area (Å²) in [6.45, 7) is 2.30. The standard InChI is InChI=1S/C23H29N5O2S.HI/c1-24-23(25-14-4-15-28-16-13-19-5-2-3-6-22(19)28)26-17-18-7-11-21(12-8-18)31(29,30)27-20-9-10-20;/h2-3,5-8,11-13,16,20,27H,4,9-10,14-15,17H2,1H3,(H2,24,25,26);1H. The SMILES string of the molecule is CN=C(NCCCn1ccc2ccccc21)NCc1ccc(S(=O)(=O)NC2CC2)cc1.I. The molecule has 3 N–H and O–H groups in total.